The van der Waals surface area contributed by atoms with E-state index in [9.17, 15) is 22.8 Å². The molecule has 4 rings (SSSR count). The molecule has 3 aromatic carbocycles. The maximum atomic E-state index is 13.8. The van der Waals surface area contributed by atoms with Crippen molar-refractivity contribution in [2.45, 2.75) is 32.4 Å². The van der Waals surface area contributed by atoms with Crippen molar-refractivity contribution in [3.8, 4) is 23.0 Å². The Hall–Kier alpha value is -4.27. The molecule has 0 fully saturated rings. The van der Waals surface area contributed by atoms with Gasteiger partial charge in [-0.15, -0.1) is 0 Å². The molecule has 0 saturated heterocycles. The van der Waals surface area contributed by atoms with Gasteiger partial charge in [-0.2, -0.15) is 13.2 Å². The summed E-state index contributed by atoms with van der Waals surface area (Å²) in [5, 5.41) is -0.175. The summed E-state index contributed by atoms with van der Waals surface area (Å²) < 4.78 is 62.1. The standard InChI is InChI=1S/C28H23F3O6/c1-27(2,3)17-7-5-16(6-8-17)26(33)36-20-13-14-21-22(15-20)37-25(28(29,30)31)24(23(21)32)35-19-11-9-18(34-4)10-12-19/h5-15H,1-4H3. The number of carbonyl (C=O) groups is 1. The summed E-state index contributed by atoms with van der Waals surface area (Å²) in [7, 11) is 1.43. The van der Waals surface area contributed by atoms with Gasteiger partial charge in [0.25, 0.3) is 5.76 Å². The minimum absolute atomic E-state index is 0.0130. The first kappa shape index (κ1) is 25.8. The molecule has 0 bridgehead atoms. The zero-order chi connectivity index (χ0) is 27.0. The highest BCUT2D eigenvalue weighted by atomic mass is 19.4. The fourth-order valence-electron chi connectivity index (χ4n) is 3.53. The fraction of sp³-hybridized carbons (Fsp3) is 0.214. The molecule has 0 radical (unpaired) electrons. The van der Waals surface area contributed by atoms with Crippen molar-refractivity contribution in [1.82, 2.24) is 0 Å². The fourth-order valence-corrected chi connectivity index (χ4v) is 3.53. The predicted octanol–water partition coefficient (Wildman–Crippen LogP) is 7.13. The van der Waals surface area contributed by atoms with Crippen LogP contribution in [0.5, 0.6) is 23.0 Å². The van der Waals surface area contributed by atoms with E-state index in [1.54, 1.807) is 24.3 Å². The van der Waals surface area contributed by atoms with Crippen LogP contribution in [0.3, 0.4) is 0 Å². The molecule has 0 aliphatic heterocycles. The minimum Gasteiger partial charge on any atom is -0.497 e. The molecule has 0 saturated carbocycles. The molecule has 6 nitrogen and oxygen atoms in total. The van der Waals surface area contributed by atoms with E-state index < -0.39 is 34.7 Å². The summed E-state index contributed by atoms with van der Waals surface area (Å²) in [4.78, 5) is 25.6. The molecule has 192 valence electrons. The summed E-state index contributed by atoms with van der Waals surface area (Å²) in [5.74, 6) is -2.96. The summed E-state index contributed by atoms with van der Waals surface area (Å²) >= 11 is 0. The van der Waals surface area contributed by atoms with Crippen LogP contribution in [-0.4, -0.2) is 13.1 Å². The number of hydrogen-bond donors (Lipinski definition) is 0. The Balaban J connectivity index is 1.68. The second-order valence-electron chi connectivity index (χ2n) is 9.24. The smallest absolute Gasteiger partial charge is 0.453 e. The van der Waals surface area contributed by atoms with Crippen molar-refractivity contribution in [3.63, 3.8) is 0 Å². The van der Waals surface area contributed by atoms with E-state index in [4.69, 9.17) is 18.6 Å². The summed E-state index contributed by atoms with van der Waals surface area (Å²) in [6, 6.07) is 16.1. The minimum atomic E-state index is -5.03. The topological polar surface area (TPSA) is 75.0 Å². The highest BCUT2D eigenvalue weighted by molar-refractivity contribution is 5.91. The van der Waals surface area contributed by atoms with Crippen LogP contribution in [0, 0.1) is 0 Å². The first-order chi connectivity index (χ1) is 17.4. The maximum absolute atomic E-state index is 13.8. The number of rotatable bonds is 5. The molecule has 1 heterocycles. The van der Waals surface area contributed by atoms with E-state index in [1.807, 2.05) is 20.8 Å². The first-order valence-electron chi connectivity index (χ1n) is 11.2. The lowest BCUT2D eigenvalue weighted by Crippen LogP contribution is -2.16. The van der Waals surface area contributed by atoms with Gasteiger partial charge in [-0.25, -0.2) is 4.79 Å². The van der Waals surface area contributed by atoms with E-state index in [-0.39, 0.29) is 27.9 Å². The van der Waals surface area contributed by atoms with Gasteiger partial charge in [-0.3, -0.25) is 4.79 Å². The number of benzene rings is 3. The van der Waals surface area contributed by atoms with Gasteiger partial charge >= 0.3 is 12.1 Å². The van der Waals surface area contributed by atoms with Crippen molar-refractivity contribution < 1.29 is 36.6 Å². The molecular weight excluding hydrogens is 489 g/mol. The summed E-state index contributed by atoms with van der Waals surface area (Å²) in [5.41, 5.74) is -0.268. The number of carbonyl (C=O) groups excluding carboxylic acids is 1. The number of fused-ring (bicyclic) bond motifs is 1. The highest BCUT2D eigenvalue weighted by Gasteiger charge is 2.40. The SMILES string of the molecule is COc1ccc(Oc2c(C(F)(F)F)oc3cc(OC(=O)c4ccc(C(C)(C)C)cc4)ccc3c2=O)cc1. The Morgan fingerprint density at radius 1 is 0.838 bits per heavy atom. The van der Waals surface area contributed by atoms with Crippen LogP contribution in [0.2, 0.25) is 0 Å². The average molecular weight is 512 g/mol. The molecule has 0 spiro atoms. The van der Waals surface area contributed by atoms with E-state index in [1.165, 1.54) is 43.5 Å². The molecule has 0 atom stereocenters. The molecule has 0 amide bonds. The molecule has 37 heavy (non-hydrogen) atoms. The van der Waals surface area contributed by atoms with Crippen LogP contribution in [0.1, 0.15) is 42.5 Å². The van der Waals surface area contributed by atoms with E-state index in [0.717, 1.165) is 11.6 Å². The molecule has 0 aliphatic rings. The second-order valence-corrected chi connectivity index (χ2v) is 9.24. The number of esters is 1. The van der Waals surface area contributed by atoms with Crippen LogP contribution < -0.4 is 19.6 Å². The number of alkyl halides is 3. The van der Waals surface area contributed by atoms with E-state index >= 15 is 0 Å². The van der Waals surface area contributed by atoms with Gasteiger partial charge < -0.3 is 18.6 Å². The van der Waals surface area contributed by atoms with E-state index in [2.05, 4.69) is 0 Å². The second kappa shape index (κ2) is 9.65. The number of methoxy groups -OCH3 is 1. The Kier molecular flexibility index (Phi) is 6.73. The zero-order valence-corrected chi connectivity index (χ0v) is 20.4. The van der Waals surface area contributed by atoms with Gasteiger partial charge in [-0.1, -0.05) is 32.9 Å². The zero-order valence-electron chi connectivity index (χ0n) is 20.4. The Morgan fingerprint density at radius 3 is 2.00 bits per heavy atom. The van der Waals surface area contributed by atoms with Gasteiger partial charge in [0.1, 0.15) is 22.8 Å². The van der Waals surface area contributed by atoms with Crippen LogP contribution >= 0.6 is 0 Å². The lowest BCUT2D eigenvalue weighted by molar-refractivity contribution is -0.154. The number of halogens is 3. The quantitative estimate of drug-likeness (QED) is 0.209. The Bertz CT molecular complexity index is 1500. The average Bonchev–Trinajstić information content (AvgIpc) is 2.85. The summed E-state index contributed by atoms with van der Waals surface area (Å²) in [6.45, 7) is 6.10. The Morgan fingerprint density at radius 2 is 1.43 bits per heavy atom. The van der Waals surface area contributed by atoms with Crippen molar-refractivity contribution in [3.05, 3.63) is 93.8 Å². The van der Waals surface area contributed by atoms with Gasteiger partial charge in [0.2, 0.25) is 11.2 Å². The molecule has 0 N–H and O–H groups in total. The number of ether oxygens (including phenoxy) is 3. The Labute approximate surface area is 210 Å². The van der Waals surface area contributed by atoms with Crippen molar-refractivity contribution >= 4 is 16.9 Å². The third kappa shape index (κ3) is 5.61. The van der Waals surface area contributed by atoms with Crippen LogP contribution in [0.4, 0.5) is 13.2 Å². The molecule has 9 heteroatoms. The van der Waals surface area contributed by atoms with Gasteiger partial charge in [0.05, 0.1) is 18.1 Å². The van der Waals surface area contributed by atoms with Gasteiger partial charge in [0.15, 0.2) is 0 Å². The normalized spacial score (nSPS) is 11.9. The molecule has 1 aromatic heterocycles. The molecular formula is C28H23F3O6. The molecule has 0 aliphatic carbocycles. The third-order valence-electron chi connectivity index (χ3n) is 5.56. The number of hydrogen-bond acceptors (Lipinski definition) is 6. The van der Waals surface area contributed by atoms with Crippen molar-refractivity contribution in [2.75, 3.05) is 7.11 Å². The molecule has 4 aromatic rings. The predicted molar refractivity (Wildman–Crippen MR) is 131 cm³/mol. The van der Waals surface area contributed by atoms with Gasteiger partial charge in [0, 0.05) is 6.07 Å². The van der Waals surface area contributed by atoms with Crippen molar-refractivity contribution in [1.29, 1.82) is 0 Å². The van der Waals surface area contributed by atoms with Crippen LogP contribution in [-0.2, 0) is 11.6 Å². The van der Waals surface area contributed by atoms with Gasteiger partial charge in [-0.05, 0) is 59.5 Å². The lowest BCUT2D eigenvalue weighted by atomic mass is 9.87. The first-order valence-corrected chi connectivity index (χ1v) is 11.2. The highest BCUT2D eigenvalue weighted by Crippen LogP contribution is 2.39. The third-order valence-corrected chi connectivity index (χ3v) is 5.56. The maximum Gasteiger partial charge on any atom is 0.453 e. The summed E-state index contributed by atoms with van der Waals surface area (Å²) in [6.07, 6.45) is -5.03. The van der Waals surface area contributed by atoms with Crippen LogP contribution in [0.15, 0.2) is 75.9 Å². The van der Waals surface area contributed by atoms with E-state index in [0.29, 0.717) is 5.75 Å². The molecule has 0 unspecified atom stereocenters. The monoisotopic (exact) mass is 512 g/mol. The lowest BCUT2D eigenvalue weighted by Gasteiger charge is -2.18. The van der Waals surface area contributed by atoms with Crippen LogP contribution in [0.25, 0.3) is 11.0 Å². The largest absolute Gasteiger partial charge is 0.497 e. The van der Waals surface area contributed by atoms with Crippen molar-refractivity contribution in [2.24, 2.45) is 0 Å².